The lowest BCUT2D eigenvalue weighted by Crippen LogP contribution is -2.34. The summed E-state index contributed by atoms with van der Waals surface area (Å²) < 4.78 is 11.5. The minimum Gasteiger partial charge on any atom is -0.466 e. The Labute approximate surface area is 353 Å². The summed E-state index contributed by atoms with van der Waals surface area (Å²) in [6.45, 7) is 11.2. The van der Waals surface area contributed by atoms with E-state index in [1.165, 1.54) is 116 Å². The normalized spacial score (nSPS) is 12.1. The first kappa shape index (κ1) is 54.7. The van der Waals surface area contributed by atoms with Crippen LogP contribution < -0.4 is 5.32 Å². The topological polar surface area (TPSA) is 107 Å². The van der Waals surface area contributed by atoms with Gasteiger partial charge in [-0.1, -0.05) is 156 Å². The molecule has 0 aliphatic rings. The molecular weight excluding hydrogens is 711 g/mol. The van der Waals surface area contributed by atoms with Gasteiger partial charge in [-0.25, -0.2) is 0 Å². The number of guanidine groups is 1. The molecule has 0 spiro atoms. The van der Waals surface area contributed by atoms with E-state index in [4.69, 9.17) is 14.7 Å². The van der Waals surface area contributed by atoms with Crippen molar-refractivity contribution in [2.75, 3.05) is 46.9 Å². The fourth-order valence-corrected chi connectivity index (χ4v) is 7.38. The minimum atomic E-state index is -0.0342. The Morgan fingerprint density at radius 2 is 0.982 bits per heavy atom. The predicted octanol–water partition coefficient (Wildman–Crippen LogP) is 12.7. The first-order valence-corrected chi connectivity index (χ1v) is 24.3. The van der Waals surface area contributed by atoms with Gasteiger partial charge in [0.1, 0.15) is 6.10 Å². The summed E-state index contributed by atoms with van der Waals surface area (Å²) in [6, 6.07) is 0. The van der Waals surface area contributed by atoms with Crippen molar-refractivity contribution >= 4 is 17.9 Å². The van der Waals surface area contributed by atoms with Gasteiger partial charge in [0.2, 0.25) is 5.96 Å². The van der Waals surface area contributed by atoms with Gasteiger partial charge in [-0.15, -0.1) is 0 Å². The van der Waals surface area contributed by atoms with Crippen molar-refractivity contribution in [2.24, 2.45) is 4.99 Å². The molecular formula is C48H93N5O4. The third kappa shape index (κ3) is 38.9. The Balaban J connectivity index is 4.49. The molecule has 9 heteroatoms. The standard InChI is InChI=1S/C48H93N5O4/c1-6-9-12-15-17-26-33-43-56-46(54)37-29-22-18-24-31-40-53(42-34-39-50-48(51-44-49)52(4)5)41-32-25-19-23-30-38-47(55)57-45(35-27-20-14-11-8-3)36-28-21-16-13-10-7-2/h45H,6-43H2,1-5H3,(H,50,51). The van der Waals surface area contributed by atoms with Crippen molar-refractivity contribution in [3.63, 3.8) is 0 Å². The summed E-state index contributed by atoms with van der Waals surface area (Å²) in [5.74, 6) is 0.577. The summed E-state index contributed by atoms with van der Waals surface area (Å²) in [7, 11) is 3.78. The lowest BCUT2D eigenvalue weighted by Gasteiger charge is -2.22. The van der Waals surface area contributed by atoms with E-state index < -0.39 is 0 Å². The fourth-order valence-electron chi connectivity index (χ4n) is 7.38. The van der Waals surface area contributed by atoms with Crippen molar-refractivity contribution in [3.05, 3.63) is 0 Å². The summed E-state index contributed by atoms with van der Waals surface area (Å²) in [6.07, 6.45) is 39.7. The molecule has 0 saturated carbocycles. The maximum atomic E-state index is 12.8. The van der Waals surface area contributed by atoms with E-state index in [9.17, 15) is 9.59 Å². The molecule has 0 fully saturated rings. The summed E-state index contributed by atoms with van der Waals surface area (Å²) in [5, 5.41) is 11.7. The molecule has 0 aliphatic carbocycles. The monoisotopic (exact) mass is 804 g/mol. The zero-order chi connectivity index (χ0) is 41.9. The number of carbonyl (C=O) groups excluding carboxylic acids is 2. The van der Waals surface area contributed by atoms with Crippen LogP contribution in [-0.4, -0.2) is 80.7 Å². The highest BCUT2D eigenvalue weighted by atomic mass is 16.5. The molecule has 0 heterocycles. The van der Waals surface area contributed by atoms with Crippen molar-refractivity contribution in [1.29, 1.82) is 5.26 Å². The molecule has 0 saturated heterocycles. The second-order valence-corrected chi connectivity index (χ2v) is 16.8. The Kier molecular flexibility index (Phi) is 41.5. The van der Waals surface area contributed by atoms with E-state index in [2.05, 4.69) is 36.0 Å². The molecule has 57 heavy (non-hydrogen) atoms. The van der Waals surface area contributed by atoms with E-state index in [-0.39, 0.29) is 18.0 Å². The van der Waals surface area contributed by atoms with Crippen LogP contribution in [0.2, 0.25) is 0 Å². The van der Waals surface area contributed by atoms with Crippen LogP contribution in [0.4, 0.5) is 0 Å². The van der Waals surface area contributed by atoms with Gasteiger partial charge in [-0.05, 0) is 83.8 Å². The number of aliphatic imine (C=N–C) groups is 1. The summed E-state index contributed by atoms with van der Waals surface area (Å²) in [4.78, 5) is 33.9. The van der Waals surface area contributed by atoms with Crippen LogP contribution in [0, 0.1) is 11.5 Å². The highest BCUT2D eigenvalue weighted by Crippen LogP contribution is 2.18. The van der Waals surface area contributed by atoms with Crippen molar-refractivity contribution < 1.29 is 19.1 Å². The van der Waals surface area contributed by atoms with Crippen LogP contribution in [0.5, 0.6) is 0 Å². The first-order valence-electron chi connectivity index (χ1n) is 24.3. The third-order valence-corrected chi connectivity index (χ3v) is 11.0. The van der Waals surface area contributed by atoms with Crippen LogP contribution in [0.25, 0.3) is 0 Å². The Hall–Kier alpha value is -2.34. The number of nitrogens with zero attached hydrogens (tertiary/aromatic N) is 4. The van der Waals surface area contributed by atoms with Gasteiger partial charge in [0.25, 0.3) is 0 Å². The van der Waals surface area contributed by atoms with Crippen molar-refractivity contribution in [2.45, 2.75) is 239 Å². The van der Waals surface area contributed by atoms with Crippen LogP contribution in [-0.2, 0) is 19.1 Å². The van der Waals surface area contributed by atoms with Gasteiger partial charge in [0, 0.05) is 33.5 Å². The average molecular weight is 804 g/mol. The lowest BCUT2D eigenvalue weighted by molar-refractivity contribution is -0.150. The van der Waals surface area contributed by atoms with E-state index in [1.54, 1.807) is 0 Å². The average Bonchev–Trinajstić information content (AvgIpc) is 3.19. The number of ether oxygens (including phenoxy) is 2. The fraction of sp³-hybridized carbons (Fsp3) is 0.917. The molecule has 0 aromatic heterocycles. The van der Waals surface area contributed by atoms with Crippen LogP contribution >= 0.6 is 0 Å². The number of hydrogen-bond donors (Lipinski definition) is 1. The minimum absolute atomic E-state index is 0.00880. The summed E-state index contributed by atoms with van der Waals surface area (Å²) in [5.41, 5.74) is 0. The van der Waals surface area contributed by atoms with Crippen LogP contribution in [0.1, 0.15) is 233 Å². The zero-order valence-corrected chi connectivity index (χ0v) is 38.4. The molecule has 0 bridgehead atoms. The Bertz CT molecular complexity index is 969. The van der Waals surface area contributed by atoms with Gasteiger partial charge in [-0.3, -0.25) is 19.9 Å². The quantitative estimate of drug-likeness (QED) is 0.0162. The Morgan fingerprint density at radius 1 is 0.561 bits per heavy atom. The van der Waals surface area contributed by atoms with E-state index in [0.29, 0.717) is 32.0 Å². The maximum absolute atomic E-state index is 12.8. The predicted molar refractivity (Wildman–Crippen MR) is 241 cm³/mol. The molecule has 9 nitrogen and oxygen atoms in total. The third-order valence-electron chi connectivity index (χ3n) is 11.0. The van der Waals surface area contributed by atoms with Gasteiger partial charge in [0.15, 0.2) is 6.19 Å². The van der Waals surface area contributed by atoms with E-state index in [1.807, 2.05) is 25.2 Å². The lowest BCUT2D eigenvalue weighted by atomic mass is 10.0. The molecule has 0 rings (SSSR count). The largest absolute Gasteiger partial charge is 0.466 e. The van der Waals surface area contributed by atoms with Gasteiger partial charge >= 0.3 is 11.9 Å². The molecule has 0 aromatic rings. The van der Waals surface area contributed by atoms with E-state index in [0.717, 1.165) is 103 Å². The number of carbonyl (C=O) groups is 2. The van der Waals surface area contributed by atoms with Crippen molar-refractivity contribution in [3.8, 4) is 6.19 Å². The van der Waals surface area contributed by atoms with E-state index >= 15 is 0 Å². The molecule has 1 N–H and O–H groups in total. The number of esters is 2. The highest BCUT2D eigenvalue weighted by molar-refractivity contribution is 5.80. The van der Waals surface area contributed by atoms with Gasteiger partial charge in [-0.2, -0.15) is 5.26 Å². The number of nitriles is 1. The smallest absolute Gasteiger partial charge is 0.306 e. The number of rotatable bonds is 42. The van der Waals surface area contributed by atoms with Crippen molar-refractivity contribution in [1.82, 2.24) is 15.1 Å². The molecule has 1 atom stereocenters. The molecule has 0 aliphatic heterocycles. The molecule has 1 unspecified atom stereocenters. The first-order chi connectivity index (χ1) is 27.9. The molecule has 0 aromatic carbocycles. The zero-order valence-electron chi connectivity index (χ0n) is 38.4. The Morgan fingerprint density at radius 3 is 1.47 bits per heavy atom. The van der Waals surface area contributed by atoms with Crippen LogP contribution in [0.3, 0.4) is 0 Å². The highest BCUT2D eigenvalue weighted by Gasteiger charge is 2.14. The number of nitrogens with one attached hydrogen (secondary N) is 1. The summed E-state index contributed by atoms with van der Waals surface area (Å²) >= 11 is 0. The van der Waals surface area contributed by atoms with Gasteiger partial charge in [0.05, 0.1) is 6.61 Å². The SMILES string of the molecule is CCCCCCCCCOC(=O)CCCCCCCN(CCCCCCCC(=O)OC(CCCCCCC)CCCCCCCC)CCCN=C(NC#N)N(C)C. The molecule has 334 valence electrons. The number of hydrogen-bond acceptors (Lipinski definition) is 7. The number of unbranched alkanes of at least 4 members (excludes halogenated alkanes) is 23. The maximum Gasteiger partial charge on any atom is 0.306 e. The van der Waals surface area contributed by atoms with Gasteiger partial charge < -0.3 is 19.3 Å². The molecule has 0 amide bonds. The van der Waals surface area contributed by atoms with Crippen LogP contribution in [0.15, 0.2) is 4.99 Å². The second kappa shape index (κ2) is 43.2. The second-order valence-electron chi connectivity index (χ2n) is 16.8. The molecule has 0 radical (unpaired) electrons.